The van der Waals surface area contributed by atoms with Gasteiger partial charge in [-0.1, -0.05) is 12.8 Å². The maximum Gasteiger partial charge on any atom is 0.270 e. The number of aromatic nitrogens is 4. The molecule has 2 aliphatic carbocycles. The molecule has 190 valence electrons. The number of amides is 1. The Bertz CT molecular complexity index is 1240. The molecule has 36 heavy (non-hydrogen) atoms. The number of carbonyl (C=O) groups excluding carboxylic acids is 1. The van der Waals surface area contributed by atoms with Crippen molar-refractivity contribution in [3.05, 3.63) is 36.3 Å². The first-order valence-corrected chi connectivity index (χ1v) is 13.5. The largest absolute Gasteiger partial charge is 0.367 e. The first kappa shape index (κ1) is 23.2. The smallest absolute Gasteiger partial charge is 0.270 e. The number of nitrogens with zero attached hydrogens (tertiary/aromatic N) is 6. The first-order valence-electron chi connectivity index (χ1n) is 13.5. The topological polar surface area (TPSA) is 91.2 Å². The van der Waals surface area contributed by atoms with Gasteiger partial charge in [-0.3, -0.25) is 4.79 Å². The van der Waals surface area contributed by atoms with Crippen LogP contribution in [-0.2, 0) is 0 Å². The van der Waals surface area contributed by atoms with Crippen molar-refractivity contribution in [3.8, 4) is 0 Å². The number of anilines is 3. The van der Waals surface area contributed by atoms with Crippen LogP contribution in [0.25, 0.3) is 11.0 Å². The van der Waals surface area contributed by atoms with Crippen LogP contribution in [0.15, 0.2) is 30.6 Å². The highest BCUT2D eigenvalue weighted by Crippen LogP contribution is 2.39. The molecule has 0 unspecified atom stereocenters. The highest BCUT2D eigenvalue weighted by atomic mass is 16.2. The summed E-state index contributed by atoms with van der Waals surface area (Å²) in [5, 5.41) is 7.84. The van der Waals surface area contributed by atoms with Crippen molar-refractivity contribution in [1.29, 1.82) is 0 Å². The normalized spacial score (nSPS) is 19.2. The second-order valence-electron chi connectivity index (χ2n) is 10.4. The lowest BCUT2D eigenvalue weighted by atomic mass is 10.1. The maximum absolute atomic E-state index is 13.4. The SMILES string of the molecule is CCN(CC)C(=O)c1cc2cnc(Nc3ccc(N4CCNC5(CC5)C4)cn3)nc2n1C1CCCC1. The van der Waals surface area contributed by atoms with E-state index in [1.54, 1.807) is 0 Å². The summed E-state index contributed by atoms with van der Waals surface area (Å²) < 4.78 is 2.17. The van der Waals surface area contributed by atoms with Gasteiger partial charge in [-0.25, -0.2) is 9.97 Å². The van der Waals surface area contributed by atoms with Crippen molar-refractivity contribution in [2.24, 2.45) is 0 Å². The molecule has 1 spiro atoms. The molecular formula is C27H36N8O. The van der Waals surface area contributed by atoms with E-state index in [9.17, 15) is 4.79 Å². The maximum atomic E-state index is 13.4. The monoisotopic (exact) mass is 488 g/mol. The molecule has 6 rings (SSSR count). The Morgan fingerprint density at radius 1 is 1.17 bits per heavy atom. The Morgan fingerprint density at radius 2 is 1.97 bits per heavy atom. The minimum atomic E-state index is 0.0672. The lowest BCUT2D eigenvalue weighted by molar-refractivity contribution is 0.0760. The predicted octanol–water partition coefficient (Wildman–Crippen LogP) is 4.11. The van der Waals surface area contributed by atoms with Gasteiger partial charge in [-0.2, -0.15) is 4.98 Å². The van der Waals surface area contributed by atoms with E-state index < -0.39 is 0 Å². The van der Waals surface area contributed by atoms with Crippen LogP contribution in [0.5, 0.6) is 0 Å². The molecule has 3 aromatic heterocycles. The Kier molecular flexibility index (Phi) is 6.03. The average molecular weight is 489 g/mol. The zero-order valence-electron chi connectivity index (χ0n) is 21.3. The van der Waals surface area contributed by atoms with Crippen molar-refractivity contribution in [2.75, 3.05) is 42.9 Å². The highest BCUT2D eigenvalue weighted by molar-refractivity contribution is 5.98. The van der Waals surface area contributed by atoms with Gasteiger partial charge in [0.2, 0.25) is 5.95 Å². The van der Waals surface area contributed by atoms with E-state index in [0.717, 1.165) is 54.9 Å². The summed E-state index contributed by atoms with van der Waals surface area (Å²) in [7, 11) is 0. The van der Waals surface area contributed by atoms with Gasteiger partial charge in [0.25, 0.3) is 5.91 Å². The molecule has 1 aliphatic heterocycles. The fourth-order valence-electron chi connectivity index (χ4n) is 5.86. The Balaban J connectivity index is 1.26. The van der Waals surface area contributed by atoms with Crippen LogP contribution < -0.4 is 15.5 Å². The van der Waals surface area contributed by atoms with Crippen LogP contribution in [0.4, 0.5) is 17.5 Å². The van der Waals surface area contributed by atoms with Crippen molar-refractivity contribution < 1.29 is 4.79 Å². The van der Waals surface area contributed by atoms with Gasteiger partial charge >= 0.3 is 0 Å². The van der Waals surface area contributed by atoms with E-state index in [4.69, 9.17) is 4.98 Å². The minimum Gasteiger partial charge on any atom is -0.367 e. The summed E-state index contributed by atoms with van der Waals surface area (Å²) in [6.45, 7) is 8.50. The quantitative estimate of drug-likeness (QED) is 0.517. The van der Waals surface area contributed by atoms with Gasteiger partial charge in [0.05, 0.1) is 11.9 Å². The Labute approximate surface area is 212 Å². The zero-order chi connectivity index (χ0) is 24.7. The van der Waals surface area contributed by atoms with Gasteiger partial charge in [0.15, 0.2) is 0 Å². The third-order valence-corrected chi connectivity index (χ3v) is 8.12. The molecule has 9 heteroatoms. The molecule has 1 saturated heterocycles. The van der Waals surface area contributed by atoms with Gasteiger partial charge in [0.1, 0.15) is 17.2 Å². The molecule has 3 fully saturated rings. The van der Waals surface area contributed by atoms with E-state index in [1.807, 2.05) is 43.3 Å². The number of nitrogens with one attached hydrogen (secondary N) is 2. The molecule has 2 saturated carbocycles. The van der Waals surface area contributed by atoms with Crippen LogP contribution in [0.3, 0.4) is 0 Å². The molecule has 0 atom stereocenters. The fourth-order valence-corrected chi connectivity index (χ4v) is 5.86. The van der Waals surface area contributed by atoms with Gasteiger partial charge in [-0.05, 0) is 57.7 Å². The van der Waals surface area contributed by atoms with Gasteiger partial charge < -0.3 is 25.0 Å². The van der Waals surface area contributed by atoms with E-state index in [2.05, 4.69) is 36.1 Å². The molecule has 0 radical (unpaired) electrons. The number of hydrogen-bond acceptors (Lipinski definition) is 7. The third kappa shape index (κ3) is 4.30. The Morgan fingerprint density at radius 3 is 2.67 bits per heavy atom. The van der Waals surface area contributed by atoms with Crippen LogP contribution in [0.2, 0.25) is 0 Å². The van der Waals surface area contributed by atoms with Crippen LogP contribution in [0.1, 0.15) is 68.9 Å². The second-order valence-corrected chi connectivity index (χ2v) is 10.4. The summed E-state index contributed by atoms with van der Waals surface area (Å²) in [5.74, 6) is 1.28. The molecule has 3 aromatic rings. The van der Waals surface area contributed by atoms with E-state index in [-0.39, 0.29) is 5.91 Å². The highest BCUT2D eigenvalue weighted by Gasteiger charge is 2.45. The number of carbonyl (C=O) groups is 1. The summed E-state index contributed by atoms with van der Waals surface area (Å²) in [5.41, 5.74) is 3.03. The minimum absolute atomic E-state index is 0.0672. The number of piperazine rings is 1. The number of pyridine rings is 1. The lowest BCUT2D eigenvalue weighted by Gasteiger charge is -2.35. The predicted molar refractivity (Wildman–Crippen MR) is 142 cm³/mol. The van der Waals surface area contributed by atoms with Crippen molar-refractivity contribution in [2.45, 2.75) is 64.0 Å². The zero-order valence-corrected chi connectivity index (χ0v) is 21.3. The Hall–Kier alpha value is -3.20. The molecule has 3 aliphatic rings. The molecular weight excluding hydrogens is 452 g/mol. The summed E-state index contributed by atoms with van der Waals surface area (Å²) in [4.78, 5) is 31.7. The second kappa shape index (κ2) is 9.35. The molecule has 1 amide bonds. The molecule has 0 bridgehead atoms. The van der Waals surface area contributed by atoms with E-state index >= 15 is 0 Å². The summed E-state index contributed by atoms with van der Waals surface area (Å²) in [6, 6.07) is 6.38. The molecule has 4 heterocycles. The van der Waals surface area contributed by atoms with Gasteiger partial charge in [-0.15, -0.1) is 0 Å². The summed E-state index contributed by atoms with van der Waals surface area (Å²) in [6.07, 6.45) is 10.8. The average Bonchev–Trinajstić information content (AvgIpc) is 3.29. The third-order valence-electron chi connectivity index (χ3n) is 8.12. The molecule has 0 aromatic carbocycles. The molecule has 9 nitrogen and oxygen atoms in total. The van der Waals surface area contributed by atoms with Crippen LogP contribution >= 0.6 is 0 Å². The number of hydrogen-bond donors (Lipinski definition) is 2. The summed E-state index contributed by atoms with van der Waals surface area (Å²) >= 11 is 0. The van der Waals surface area contributed by atoms with Gasteiger partial charge in [0, 0.05) is 55.9 Å². The first-order chi connectivity index (χ1) is 17.6. The fraction of sp³-hybridized carbons (Fsp3) is 0.556. The lowest BCUT2D eigenvalue weighted by Crippen LogP contribution is -2.52. The van der Waals surface area contributed by atoms with Crippen LogP contribution in [-0.4, -0.2) is 68.6 Å². The molecule has 2 N–H and O–H groups in total. The van der Waals surface area contributed by atoms with Crippen molar-refractivity contribution in [1.82, 2.24) is 29.7 Å². The van der Waals surface area contributed by atoms with Crippen molar-refractivity contribution >= 4 is 34.4 Å². The number of fused-ring (bicyclic) bond motifs is 1. The van der Waals surface area contributed by atoms with Crippen molar-refractivity contribution in [3.63, 3.8) is 0 Å². The standard InChI is InChI=1S/C27H36N8O/c1-3-33(4-2)25(36)22-15-19-16-29-26(32-24(19)35(22)20-7-5-6-8-20)31-23-10-9-21(17-28-23)34-14-13-30-27(18-34)11-12-27/h9-10,15-17,20,30H,3-8,11-14,18H2,1-2H3,(H,28,29,31,32). The van der Waals surface area contributed by atoms with Crippen LogP contribution in [0, 0.1) is 0 Å². The number of rotatable bonds is 7. The van der Waals surface area contributed by atoms with E-state index in [1.165, 1.54) is 25.7 Å². The van der Waals surface area contributed by atoms with E-state index in [0.29, 0.717) is 36.4 Å².